The number of nitrogens with two attached hydrogens (primary N) is 1. The van der Waals surface area contributed by atoms with E-state index in [9.17, 15) is 9.59 Å². The fraction of sp³-hybridized carbons (Fsp3) is 0.0667. The summed E-state index contributed by atoms with van der Waals surface area (Å²) in [6, 6.07) is 9.15. The fourth-order valence-corrected chi connectivity index (χ4v) is 2.07. The minimum Gasteiger partial charge on any atom is -0.478 e. The molecule has 0 bridgehead atoms. The maximum Gasteiger partial charge on any atom is 0.335 e. The lowest BCUT2D eigenvalue weighted by atomic mass is 10.1. The molecule has 6 heteroatoms. The highest BCUT2D eigenvalue weighted by Crippen LogP contribution is 2.24. The SMILES string of the molecule is Cc1c(N)cccc1C(=O)Nc1ccc(C(=O)O)cc1Cl. The van der Waals surface area contributed by atoms with Crippen LogP contribution in [0.3, 0.4) is 0 Å². The lowest BCUT2D eigenvalue weighted by Crippen LogP contribution is -2.14. The molecule has 0 aliphatic rings. The predicted molar refractivity (Wildman–Crippen MR) is 82.0 cm³/mol. The third-order valence-corrected chi connectivity index (χ3v) is 3.40. The van der Waals surface area contributed by atoms with Gasteiger partial charge in [0.2, 0.25) is 0 Å². The summed E-state index contributed by atoms with van der Waals surface area (Å²) < 4.78 is 0. The van der Waals surface area contributed by atoms with Crippen LogP contribution in [-0.2, 0) is 0 Å². The number of carboxylic acids is 1. The van der Waals surface area contributed by atoms with E-state index in [0.717, 1.165) is 0 Å². The molecule has 4 N–H and O–H groups in total. The Balaban J connectivity index is 2.28. The van der Waals surface area contributed by atoms with Crippen molar-refractivity contribution in [3.05, 3.63) is 58.1 Å². The van der Waals surface area contributed by atoms with Gasteiger partial charge < -0.3 is 16.2 Å². The number of rotatable bonds is 3. The van der Waals surface area contributed by atoms with Gasteiger partial charge in [0.1, 0.15) is 0 Å². The van der Waals surface area contributed by atoms with Crippen molar-refractivity contribution in [2.24, 2.45) is 0 Å². The molecule has 5 nitrogen and oxygen atoms in total. The molecule has 0 aromatic heterocycles. The zero-order valence-corrected chi connectivity index (χ0v) is 11.9. The normalized spacial score (nSPS) is 10.2. The van der Waals surface area contributed by atoms with Crippen LogP contribution >= 0.6 is 11.6 Å². The van der Waals surface area contributed by atoms with Crippen molar-refractivity contribution in [2.75, 3.05) is 11.1 Å². The van der Waals surface area contributed by atoms with Gasteiger partial charge in [-0.2, -0.15) is 0 Å². The molecule has 0 radical (unpaired) electrons. The number of halogens is 1. The number of anilines is 2. The highest BCUT2D eigenvalue weighted by Gasteiger charge is 2.13. The van der Waals surface area contributed by atoms with Crippen LogP contribution in [0.2, 0.25) is 5.02 Å². The number of hydrogen-bond donors (Lipinski definition) is 3. The van der Waals surface area contributed by atoms with Gasteiger partial charge in [-0.25, -0.2) is 4.79 Å². The molecule has 0 unspecified atom stereocenters. The van der Waals surface area contributed by atoms with Crippen LogP contribution in [0.25, 0.3) is 0 Å². The number of benzene rings is 2. The van der Waals surface area contributed by atoms with Crippen molar-refractivity contribution in [1.82, 2.24) is 0 Å². The number of aromatic carboxylic acids is 1. The fourth-order valence-electron chi connectivity index (χ4n) is 1.84. The third-order valence-electron chi connectivity index (χ3n) is 3.08. The van der Waals surface area contributed by atoms with Crippen molar-refractivity contribution in [1.29, 1.82) is 0 Å². The molecule has 0 saturated heterocycles. The summed E-state index contributed by atoms with van der Waals surface area (Å²) in [6.45, 7) is 1.75. The summed E-state index contributed by atoms with van der Waals surface area (Å²) in [5.74, 6) is -1.44. The van der Waals surface area contributed by atoms with Crippen LogP contribution in [-0.4, -0.2) is 17.0 Å². The number of carboxylic acid groups (broad SMARTS) is 1. The molecule has 2 aromatic rings. The number of nitrogens with one attached hydrogen (secondary N) is 1. The van der Waals surface area contributed by atoms with E-state index in [1.807, 2.05) is 0 Å². The molecule has 21 heavy (non-hydrogen) atoms. The number of nitrogen functional groups attached to an aromatic ring is 1. The van der Waals surface area contributed by atoms with Crippen molar-refractivity contribution in [2.45, 2.75) is 6.92 Å². The van der Waals surface area contributed by atoms with Gasteiger partial charge in [0, 0.05) is 11.3 Å². The largest absolute Gasteiger partial charge is 0.478 e. The molecule has 2 rings (SSSR count). The Kier molecular flexibility index (Phi) is 4.14. The minimum atomic E-state index is -1.08. The first-order chi connectivity index (χ1) is 9.90. The summed E-state index contributed by atoms with van der Waals surface area (Å²) >= 11 is 5.97. The highest BCUT2D eigenvalue weighted by molar-refractivity contribution is 6.34. The summed E-state index contributed by atoms with van der Waals surface area (Å²) in [5.41, 5.74) is 7.79. The highest BCUT2D eigenvalue weighted by atomic mass is 35.5. The molecule has 0 saturated carbocycles. The maximum absolute atomic E-state index is 12.2. The van der Waals surface area contributed by atoms with Crippen LogP contribution in [0.4, 0.5) is 11.4 Å². The Morgan fingerprint density at radius 2 is 1.95 bits per heavy atom. The van der Waals surface area contributed by atoms with Gasteiger partial charge in [-0.15, -0.1) is 0 Å². The van der Waals surface area contributed by atoms with Gasteiger partial charge in [0.05, 0.1) is 16.3 Å². The average molecular weight is 305 g/mol. The van der Waals surface area contributed by atoms with Crippen LogP contribution in [0.15, 0.2) is 36.4 Å². The molecule has 0 heterocycles. The Bertz CT molecular complexity index is 729. The molecule has 0 aliphatic heterocycles. The van der Waals surface area contributed by atoms with Gasteiger partial charge in [-0.3, -0.25) is 4.79 Å². The van der Waals surface area contributed by atoms with Gasteiger partial charge >= 0.3 is 5.97 Å². The van der Waals surface area contributed by atoms with E-state index in [2.05, 4.69) is 5.32 Å². The second-order valence-corrected chi connectivity index (χ2v) is 4.88. The molecule has 0 atom stereocenters. The predicted octanol–water partition coefficient (Wildman–Crippen LogP) is 3.18. The van der Waals surface area contributed by atoms with Gasteiger partial charge in [0.25, 0.3) is 5.91 Å². The number of carbonyl (C=O) groups excluding carboxylic acids is 1. The van der Waals surface area contributed by atoms with E-state index < -0.39 is 5.97 Å². The van der Waals surface area contributed by atoms with Gasteiger partial charge in [0.15, 0.2) is 0 Å². The van der Waals surface area contributed by atoms with Crippen LogP contribution in [0.1, 0.15) is 26.3 Å². The smallest absolute Gasteiger partial charge is 0.335 e. The molecular formula is C15H13ClN2O3. The Hall–Kier alpha value is -2.53. The number of amides is 1. The lowest BCUT2D eigenvalue weighted by molar-refractivity contribution is 0.0696. The van der Waals surface area contributed by atoms with Crippen LogP contribution in [0, 0.1) is 6.92 Å². The lowest BCUT2D eigenvalue weighted by Gasteiger charge is -2.11. The van der Waals surface area contributed by atoms with Crippen molar-refractivity contribution in [3.8, 4) is 0 Å². The van der Waals surface area contributed by atoms with E-state index >= 15 is 0 Å². The standard InChI is InChI=1S/C15H13ClN2O3/c1-8-10(3-2-4-12(8)17)14(19)18-13-6-5-9(15(20)21)7-11(13)16/h2-7H,17H2,1H3,(H,18,19)(H,20,21). The van der Waals surface area contributed by atoms with E-state index in [1.165, 1.54) is 18.2 Å². The zero-order valence-electron chi connectivity index (χ0n) is 11.2. The van der Waals surface area contributed by atoms with E-state index in [0.29, 0.717) is 22.5 Å². The minimum absolute atomic E-state index is 0.0538. The second-order valence-electron chi connectivity index (χ2n) is 4.47. The zero-order chi connectivity index (χ0) is 15.6. The van der Waals surface area contributed by atoms with Crippen LogP contribution < -0.4 is 11.1 Å². The Morgan fingerprint density at radius 3 is 2.57 bits per heavy atom. The van der Waals surface area contributed by atoms with Crippen LogP contribution in [0.5, 0.6) is 0 Å². The number of carbonyl (C=O) groups is 2. The topological polar surface area (TPSA) is 92.4 Å². The molecule has 1 amide bonds. The van der Waals surface area contributed by atoms with E-state index in [1.54, 1.807) is 25.1 Å². The van der Waals surface area contributed by atoms with E-state index in [4.69, 9.17) is 22.4 Å². The molecule has 108 valence electrons. The molecule has 0 aliphatic carbocycles. The average Bonchev–Trinajstić information content (AvgIpc) is 2.43. The third kappa shape index (κ3) is 3.14. The van der Waals surface area contributed by atoms with Gasteiger partial charge in [-0.05, 0) is 42.8 Å². The number of hydrogen-bond acceptors (Lipinski definition) is 3. The second kappa shape index (κ2) is 5.85. The Labute approximate surface area is 126 Å². The summed E-state index contributed by atoms with van der Waals surface area (Å²) in [6.07, 6.45) is 0. The van der Waals surface area contributed by atoms with Crippen molar-refractivity contribution >= 4 is 34.9 Å². The van der Waals surface area contributed by atoms with Crippen molar-refractivity contribution < 1.29 is 14.7 Å². The monoisotopic (exact) mass is 304 g/mol. The van der Waals surface area contributed by atoms with E-state index in [-0.39, 0.29) is 16.5 Å². The van der Waals surface area contributed by atoms with Gasteiger partial charge in [-0.1, -0.05) is 17.7 Å². The first-order valence-corrected chi connectivity index (χ1v) is 6.47. The molecule has 2 aromatic carbocycles. The summed E-state index contributed by atoms with van der Waals surface area (Å²) in [7, 11) is 0. The molecule has 0 fully saturated rings. The van der Waals surface area contributed by atoms with Crippen molar-refractivity contribution in [3.63, 3.8) is 0 Å². The maximum atomic E-state index is 12.2. The quantitative estimate of drug-likeness (QED) is 0.759. The first kappa shape index (κ1) is 14.9. The summed E-state index contributed by atoms with van der Waals surface area (Å²) in [5, 5.41) is 11.7. The first-order valence-electron chi connectivity index (χ1n) is 6.09. The molecule has 0 spiro atoms. The Morgan fingerprint density at radius 1 is 1.24 bits per heavy atom. The molecular weight excluding hydrogens is 292 g/mol. The summed E-state index contributed by atoms with van der Waals surface area (Å²) in [4.78, 5) is 23.0.